The maximum atomic E-state index is 9.09. The minimum absolute atomic E-state index is 0.0336. The maximum Gasteiger partial charge on any atom is 0.119 e. The van der Waals surface area contributed by atoms with Crippen LogP contribution in [-0.4, -0.2) is 24.4 Å². The van der Waals surface area contributed by atoms with E-state index in [0.29, 0.717) is 0 Å². The molecule has 0 spiro atoms. The number of hydrogen-bond donors (Lipinski definition) is 2. The van der Waals surface area contributed by atoms with E-state index in [9.17, 15) is 0 Å². The summed E-state index contributed by atoms with van der Waals surface area (Å²) in [6.07, 6.45) is 10.2. The number of unbranched alkanes of at least 4 members (excludes halogenated alkanes) is 4. The van der Waals surface area contributed by atoms with Gasteiger partial charge in [0.2, 0.25) is 0 Å². The molecule has 0 aromatic heterocycles. The topological polar surface area (TPSA) is 55.5 Å². The molecule has 3 nitrogen and oxygen atoms in total. The lowest BCUT2D eigenvalue weighted by Crippen LogP contribution is -2.24. The second-order valence-electron chi connectivity index (χ2n) is 6.16. The van der Waals surface area contributed by atoms with Crippen LogP contribution in [0.5, 0.6) is 5.75 Å². The molecule has 0 saturated carbocycles. The molecule has 122 valence electrons. The van der Waals surface area contributed by atoms with E-state index in [2.05, 4.69) is 31.2 Å². The minimum atomic E-state index is -0.170. The summed E-state index contributed by atoms with van der Waals surface area (Å²) < 4.78 is 5.86. The summed E-state index contributed by atoms with van der Waals surface area (Å²) in [5.41, 5.74) is 9.66. The molecular weight excluding hydrogens is 274 g/mol. The predicted molar refractivity (Wildman–Crippen MR) is 92.1 cm³/mol. The van der Waals surface area contributed by atoms with Crippen LogP contribution in [0.1, 0.15) is 56.6 Å². The van der Waals surface area contributed by atoms with Gasteiger partial charge in [-0.05, 0) is 48.1 Å². The third-order valence-corrected chi connectivity index (χ3v) is 4.22. The first kappa shape index (κ1) is 17.0. The van der Waals surface area contributed by atoms with Gasteiger partial charge in [0, 0.05) is 6.04 Å². The summed E-state index contributed by atoms with van der Waals surface area (Å²) in [4.78, 5) is 0. The van der Waals surface area contributed by atoms with E-state index in [1.807, 2.05) is 0 Å². The highest BCUT2D eigenvalue weighted by molar-refractivity contribution is 5.74. The number of allylic oxidation sites excluding steroid dienone is 1. The number of hydrogen-bond acceptors (Lipinski definition) is 3. The average Bonchev–Trinajstić information content (AvgIpc) is 2.93. The Morgan fingerprint density at radius 2 is 2.05 bits per heavy atom. The Bertz CT molecular complexity index is 496. The third kappa shape index (κ3) is 4.85. The van der Waals surface area contributed by atoms with Gasteiger partial charge in [0.15, 0.2) is 0 Å². The first-order chi connectivity index (χ1) is 10.7. The first-order valence-corrected chi connectivity index (χ1v) is 8.56. The number of benzene rings is 1. The van der Waals surface area contributed by atoms with Crippen LogP contribution in [-0.2, 0) is 6.42 Å². The largest absolute Gasteiger partial charge is 0.494 e. The summed E-state index contributed by atoms with van der Waals surface area (Å²) in [6.45, 7) is 3.07. The van der Waals surface area contributed by atoms with Gasteiger partial charge in [-0.15, -0.1) is 0 Å². The molecule has 3 N–H and O–H groups in total. The second kappa shape index (κ2) is 8.96. The Kier molecular flexibility index (Phi) is 6.94. The third-order valence-electron chi connectivity index (χ3n) is 4.22. The van der Waals surface area contributed by atoms with E-state index in [0.717, 1.165) is 31.6 Å². The summed E-state index contributed by atoms with van der Waals surface area (Å²) in [6, 6.07) is 6.16. The molecular formula is C19H29NO2. The van der Waals surface area contributed by atoms with Gasteiger partial charge in [-0.2, -0.15) is 0 Å². The van der Waals surface area contributed by atoms with Gasteiger partial charge in [-0.25, -0.2) is 0 Å². The number of nitrogens with two attached hydrogens (primary N) is 1. The molecule has 2 rings (SSSR count). The van der Waals surface area contributed by atoms with Crippen molar-refractivity contribution in [3.63, 3.8) is 0 Å². The van der Waals surface area contributed by atoms with E-state index in [1.165, 1.54) is 42.4 Å². The van der Waals surface area contributed by atoms with E-state index < -0.39 is 0 Å². The smallest absolute Gasteiger partial charge is 0.119 e. The van der Waals surface area contributed by atoms with Crippen molar-refractivity contribution in [1.82, 2.24) is 0 Å². The SMILES string of the molecule is CCCCCCCOc1ccc2c(c1)CC=C2C[C@@H](N)CO. The fourth-order valence-electron chi connectivity index (χ4n) is 2.92. The van der Waals surface area contributed by atoms with E-state index in [4.69, 9.17) is 15.6 Å². The normalized spacial score (nSPS) is 14.6. The number of aliphatic hydroxyl groups is 1. The summed E-state index contributed by atoms with van der Waals surface area (Å²) in [5.74, 6) is 0.968. The second-order valence-corrected chi connectivity index (χ2v) is 6.16. The summed E-state index contributed by atoms with van der Waals surface area (Å²) in [5, 5.41) is 9.09. The number of aliphatic hydroxyl groups excluding tert-OH is 1. The number of ether oxygens (including phenoxy) is 1. The zero-order valence-electron chi connectivity index (χ0n) is 13.7. The average molecular weight is 303 g/mol. The predicted octanol–water partition coefficient (Wildman–Crippen LogP) is 3.69. The molecule has 1 atom stereocenters. The zero-order valence-corrected chi connectivity index (χ0v) is 13.7. The van der Waals surface area contributed by atoms with E-state index >= 15 is 0 Å². The molecule has 0 heterocycles. The Hall–Kier alpha value is -1.32. The zero-order chi connectivity index (χ0) is 15.8. The highest BCUT2D eigenvalue weighted by atomic mass is 16.5. The fraction of sp³-hybridized carbons (Fsp3) is 0.579. The molecule has 0 fully saturated rings. The molecule has 0 bridgehead atoms. The lowest BCUT2D eigenvalue weighted by atomic mass is 10.00. The molecule has 0 amide bonds. The highest BCUT2D eigenvalue weighted by Gasteiger charge is 2.16. The molecule has 0 unspecified atom stereocenters. The quantitative estimate of drug-likeness (QED) is 0.648. The van der Waals surface area contributed by atoms with Crippen LogP contribution in [0.4, 0.5) is 0 Å². The maximum absolute atomic E-state index is 9.09. The molecule has 1 aromatic rings. The monoisotopic (exact) mass is 303 g/mol. The van der Waals surface area contributed by atoms with Crippen molar-refractivity contribution < 1.29 is 9.84 Å². The van der Waals surface area contributed by atoms with Crippen molar-refractivity contribution in [2.24, 2.45) is 5.73 Å². The highest BCUT2D eigenvalue weighted by Crippen LogP contribution is 2.32. The Balaban J connectivity index is 1.81. The fourth-order valence-corrected chi connectivity index (χ4v) is 2.92. The standard InChI is InChI=1S/C19H29NO2/c1-2-3-4-5-6-11-22-18-9-10-19-15(12-17(20)14-21)7-8-16(19)13-18/h7,9-10,13,17,21H,2-6,8,11-12,14,20H2,1H3/t17-/m1/s1. The van der Waals surface area contributed by atoms with Crippen LogP contribution in [0, 0.1) is 0 Å². The van der Waals surface area contributed by atoms with Crippen molar-refractivity contribution in [2.75, 3.05) is 13.2 Å². The van der Waals surface area contributed by atoms with Crippen LogP contribution < -0.4 is 10.5 Å². The molecule has 0 aliphatic heterocycles. The van der Waals surface area contributed by atoms with Crippen LogP contribution in [0.3, 0.4) is 0 Å². The van der Waals surface area contributed by atoms with Crippen molar-refractivity contribution >= 4 is 5.57 Å². The van der Waals surface area contributed by atoms with Crippen LogP contribution >= 0.6 is 0 Å². The van der Waals surface area contributed by atoms with Gasteiger partial charge in [0.25, 0.3) is 0 Å². The summed E-state index contributed by atoms with van der Waals surface area (Å²) >= 11 is 0. The van der Waals surface area contributed by atoms with E-state index in [1.54, 1.807) is 0 Å². The molecule has 0 saturated heterocycles. The van der Waals surface area contributed by atoms with Gasteiger partial charge in [-0.1, -0.05) is 44.7 Å². The van der Waals surface area contributed by atoms with Crippen LogP contribution in [0.15, 0.2) is 24.3 Å². The van der Waals surface area contributed by atoms with Crippen molar-refractivity contribution in [2.45, 2.75) is 57.9 Å². The van der Waals surface area contributed by atoms with Gasteiger partial charge < -0.3 is 15.6 Å². The number of fused-ring (bicyclic) bond motifs is 1. The molecule has 22 heavy (non-hydrogen) atoms. The van der Waals surface area contributed by atoms with Crippen molar-refractivity contribution in [3.05, 3.63) is 35.4 Å². The Labute approximate surface area is 134 Å². The molecule has 1 aromatic carbocycles. The summed E-state index contributed by atoms with van der Waals surface area (Å²) in [7, 11) is 0. The van der Waals surface area contributed by atoms with Gasteiger partial charge in [0.1, 0.15) is 5.75 Å². The van der Waals surface area contributed by atoms with Gasteiger partial charge in [-0.3, -0.25) is 0 Å². The molecule has 0 radical (unpaired) electrons. The molecule has 1 aliphatic rings. The van der Waals surface area contributed by atoms with Gasteiger partial charge >= 0.3 is 0 Å². The van der Waals surface area contributed by atoms with E-state index in [-0.39, 0.29) is 12.6 Å². The molecule has 1 aliphatic carbocycles. The van der Waals surface area contributed by atoms with Crippen LogP contribution in [0.25, 0.3) is 5.57 Å². The van der Waals surface area contributed by atoms with Crippen molar-refractivity contribution in [3.8, 4) is 5.75 Å². The first-order valence-electron chi connectivity index (χ1n) is 8.56. The van der Waals surface area contributed by atoms with Crippen molar-refractivity contribution in [1.29, 1.82) is 0 Å². The minimum Gasteiger partial charge on any atom is -0.494 e. The Morgan fingerprint density at radius 1 is 1.23 bits per heavy atom. The van der Waals surface area contributed by atoms with Gasteiger partial charge in [0.05, 0.1) is 13.2 Å². The van der Waals surface area contributed by atoms with Crippen LogP contribution in [0.2, 0.25) is 0 Å². The Morgan fingerprint density at radius 3 is 2.82 bits per heavy atom. The lowest BCUT2D eigenvalue weighted by Gasteiger charge is -2.12. The number of rotatable bonds is 10. The molecule has 3 heteroatoms. The lowest BCUT2D eigenvalue weighted by molar-refractivity contribution is 0.267.